The molecule has 0 atom stereocenters. The average Bonchev–Trinajstić information content (AvgIpc) is 2.92. The first-order valence-corrected chi connectivity index (χ1v) is 7.24. The van der Waals surface area contributed by atoms with Crippen LogP contribution in [0.4, 0.5) is 4.79 Å². The van der Waals surface area contributed by atoms with Gasteiger partial charge in [0.25, 0.3) is 0 Å². The van der Waals surface area contributed by atoms with E-state index in [1.54, 1.807) is 11.3 Å². The lowest BCUT2D eigenvalue weighted by Gasteiger charge is -2.07. The SMILES string of the molecule is CNC(=O)NNC(=O)Cc1ccc(-c2csc(C)n2)cc1. The lowest BCUT2D eigenvalue weighted by Crippen LogP contribution is -2.46. The molecule has 0 aliphatic carbocycles. The molecule has 110 valence electrons. The number of hydrogen-bond donors (Lipinski definition) is 3. The Morgan fingerprint density at radius 2 is 1.90 bits per heavy atom. The van der Waals surface area contributed by atoms with Crippen molar-refractivity contribution in [1.82, 2.24) is 21.2 Å². The predicted octanol–water partition coefficient (Wildman–Crippen LogP) is 1.62. The van der Waals surface area contributed by atoms with Crippen molar-refractivity contribution in [2.45, 2.75) is 13.3 Å². The van der Waals surface area contributed by atoms with E-state index >= 15 is 0 Å². The van der Waals surface area contributed by atoms with Gasteiger partial charge in [-0.15, -0.1) is 11.3 Å². The Morgan fingerprint density at radius 3 is 2.48 bits per heavy atom. The van der Waals surface area contributed by atoms with E-state index in [9.17, 15) is 9.59 Å². The topological polar surface area (TPSA) is 83.1 Å². The van der Waals surface area contributed by atoms with E-state index in [0.717, 1.165) is 21.8 Å². The van der Waals surface area contributed by atoms with Crippen LogP contribution in [0.15, 0.2) is 29.6 Å². The first kappa shape index (κ1) is 15.0. The number of hydrazine groups is 1. The number of amides is 3. The molecule has 1 aromatic heterocycles. The summed E-state index contributed by atoms with van der Waals surface area (Å²) in [6.07, 6.45) is 0.195. The molecule has 1 aromatic carbocycles. The molecule has 0 unspecified atom stereocenters. The second-order valence-corrected chi connectivity index (χ2v) is 5.44. The van der Waals surface area contributed by atoms with Crippen molar-refractivity contribution in [1.29, 1.82) is 0 Å². The molecule has 2 aromatic rings. The Kier molecular flexibility index (Phi) is 4.89. The third kappa shape index (κ3) is 4.28. The molecule has 0 spiro atoms. The van der Waals surface area contributed by atoms with Crippen LogP contribution in [0.25, 0.3) is 11.3 Å². The van der Waals surface area contributed by atoms with Gasteiger partial charge >= 0.3 is 6.03 Å². The van der Waals surface area contributed by atoms with E-state index in [1.807, 2.05) is 36.6 Å². The van der Waals surface area contributed by atoms with Gasteiger partial charge in [-0.25, -0.2) is 15.2 Å². The summed E-state index contributed by atoms with van der Waals surface area (Å²) in [5.41, 5.74) is 7.38. The molecule has 2 rings (SSSR count). The molecule has 0 aliphatic rings. The second kappa shape index (κ2) is 6.85. The summed E-state index contributed by atoms with van der Waals surface area (Å²) < 4.78 is 0. The molecule has 6 nitrogen and oxygen atoms in total. The molecule has 21 heavy (non-hydrogen) atoms. The van der Waals surface area contributed by atoms with Crippen molar-refractivity contribution in [3.63, 3.8) is 0 Å². The van der Waals surface area contributed by atoms with E-state index in [4.69, 9.17) is 0 Å². The monoisotopic (exact) mass is 304 g/mol. The Balaban J connectivity index is 1.93. The maximum atomic E-state index is 11.6. The molecule has 3 amide bonds. The number of nitrogens with zero attached hydrogens (tertiary/aromatic N) is 1. The Bertz CT molecular complexity index is 637. The van der Waals surface area contributed by atoms with Gasteiger partial charge in [0.05, 0.1) is 17.1 Å². The predicted molar refractivity (Wildman–Crippen MR) is 81.7 cm³/mol. The normalized spacial score (nSPS) is 10.0. The number of aryl methyl sites for hydroxylation is 1. The van der Waals surface area contributed by atoms with Crippen LogP contribution in [0.5, 0.6) is 0 Å². The van der Waals surface area contributed by atoms with Gasteiger partial charge < -0.3 is 5.32 Å². The summed E-state index contributed by atoms with van der Waals surface area (Å²) in [5, 5.41) is 5.37. The highest BCUT2D eigenvalue weighted by molar-refractivity contribution is 7.09. The summed E-state index contributed by atoms with van der Waals surface area (Å²) in [5.74, 6) is -0.282. The minimum Gasteiger partial charge on any atom is -0.340 e. The number of urea groups is 1. The van der Waals surface area contributed by atoms with E-state index in [1.165, 1.54) is 7.05 Å². The number of rotatable bonds is 3. The Labute approximate surface area is 126 Å². The maximum absolute atomic E-state index is 11.6. The third-order valence-corrected chi connectivity index (χ3v) is 3.55. The average molecular weight is 304 g/mol. The van der Waals surface area contributed by atoms with Crippen molar-refractivity contribution in [3.8, 4) is 11.3 Å². The number of hydrogen-bond acceptors (Lipinski definition) is 4. The zero-order chi connectivity index (χ0) is 15.2. The van der Waals surface area contributed by atoms with Crippen molar-refractivity contribution >= 4 is 23.3 Å². The van der Waals surface area contributed by atoms with Gasteiger partial charge in [-0.2, -0.15) is 0 Å². The molecule has 1 heterocycles. The summed E-state index contributed by atoms with van der Waals surface area (Å²) >= 11 is 1.60. The van der Waals surface area contributed by atoms with Crippen LogP contribution in [0, 0.1) is 6.92 Å². The molecule has 0 radical (unpaired) electrons. The standard InChI is InChI=1S/C14H16N4O2S/c1-9-16-12(8-21-9)11-5-3-10(4-6-11)7-13(19)17-18-14(20)15-2/h3-6,8H,7H2,1-2H3,(H,17,19)(H2,15,18,20). The Morgan fingerprint density at radius 1 is 1.19 bits per heavy atom. The number of nitrogens with one attached hydrogen (secondary N) is 3. The van der Waals surface area contributed by atoms with Gasteiger partial charge in [0, 0.05) is 18.0 Å². The van der Waals surface area contributed by atoms with Crippen molar-refractivity contribution in [2.24, 2.45) is 0 Å². The molecular weight excluding hydrogens is 288 g/mol. The van der Waals surface area contributed by atoms with Gasteiger partial charge in [0.1, 0.15) is 0 Å². The second-order valence-electron chi connectivity index (χ2n) is 4.38. The van der Waals surface area contributed by atoms with Crippen molar-refractivity contribution in [2.75, 3.05) is 7.05 Å². The maximum Gasteiger partial charge on any atom is 0.333 e. The number of benzene rings is 1. The minimum absolute atomic E-state index is 0.195. The number of thiazole rings is 1. The van der Waals surface area contributed by atoms with Gasteiger partial charge in [-0.05, 0) is 12.5 Å². The van der Waals surface area contributed by atoms with Crippen LogP contribution >= 0.6 is 11.3 Å². The van der Waals surface area contributed by atoms with Crippen LogP contribution in [0.2, 0.25) is 0 Å². The van der Waals surface area contributed by atoms with Gasteiger partial charge in [0.2, 0.25) is 5.91 Å². The highest BCUT2D eigenvalue weighted by Crippen LogP contribution is 2.21. The third-order valence-electron chi connectivity index (χ3n) is 2.78. The van der Waals surface area contributed by atoms with Crippen LogP contribution in [0.3, 0.4) is 0 Å². The highest BCUT2D eigenvalue weighted by Gasteiger charge is 2.06. The lowest BCUT2D eigenvalue weighted by molar-refractivity contribution is -0.121. The zero-order valence-electron chi connectivity index (χ0n) is 11.8. The lowest BCUT2D eigenvalue weighted by atomic mass is 10.1. The summed E-state index contributed by atoms with van der Waals surface area (Å²) in [4.78, 5) is 27.0. The molecule has 0 saturated carbocycles. The number of carbonyl (C=O) groups excluding carboxylic acids is 2. The number of carbonyl (C=O) groups is 2. The quantitative estimate of drug-likeness (QED) is 0.754. The molecule has 0 bridgehead atoms. The van der Waals surface area contributed by atoms with E-state index < -0.39 is 6.03 Å². The van der Waals surface area contributed by atoms with Crippen molar-refractivity contribution < 1.29 is 9.59 Å². The van der Waals surface area contributed by atoms with Gasteiger partial charge in [0.15, 0.2) is 0 Å². The van der Waals surface area contributed by atoms with Crippen LogP contribution < -0.4 is 16.2 Å². The first-order valence-electron chi connectivity index (χ1n) is 6.36. The van der Waals surface area contributed by atoms with Crippen LogP contribution in [0.1, 0.15) is 10.6 Å². The summed E-state index contributed by atoms with van der Waals surface area (Å²) in [6.45, 7) is 1.96. The Hall–Kier alpha value is -2.41. The van der Waals surface area contributed by atoms with Crippen LogP contribution in [-0.2, 0) is 11.2 Å². The molecule has 0 fully saturated rings. The molecule has 0 aliphatic heterocycles. The fraction of sp³-hybridized carbons (Fsp3) is 0.214. The summed E-state index contributed by atoms with van der Waals surface area (Å²) in [6, 6.07) is 7.16. The van der Waals surface area contributed by atoms with Gasteiger partial charge in [-0.1, -0.05) is 24.3 Å². The molecule has 7 heteroatoms. The van der Waals surface area contributed by atoms with E-state index in [0.29, 0.717) is 0 Å². The fourth-order valence-electron chi connectivity index (χ4n) is 1.71. The molecular formula is C14H16N4O2S. The first-order chi connectivity index (χ1) is 10.1. The van der Waals surface area contributed by atoms with E-state index in [2.05, 4.69) is 21.2 Å². The van der Waals surface area contributed by atoms with Crippen molar-refractivity contribution in [3.05, 3.63) is 40.2 Å². The highest BCUT2D eigenvalue weighted by atomic mass is 32.1. The number of aromatic nitrogens is 1. The van der Waals surface area contributed by atoms with E-state index in [-0.39, 0.29) is 12.3 Å². The molecule has 0 saturated heterocycles. The summed E-state index contributed by atoms with van der Waals surface area (Å²) in [7, 11) is 1.47. The minimum atomic E-state index is -0.461. The van der Waals surface area contributed by atoms with Gasteiger partial charge in [-0.3, -0.25) is 10.2 Å². The smallest absolute Gasteiger partial charge is 0.333 e. The zero-order valence-corrected chi connectivity index (χ0v) is 12.6. The van der Waals surface area contributed by atoms with Crippen LogP contribution in [-0.4, -0.2) is 24.0 Å². The fourth-order valence-corrected chi connectivity index (χ4v) is 2.33. The molecule has 3 N–H and O–H groups in total. The largest absolute Gasteiger partial charge is 0.340 e.